The highest BCUT2D eigenvalue weighted by Crippen LogP contribution is 2.29. The van der Waals surface area contributed by atoms with Gasteiger partial charge in [0.05, 0.1) is 11.5 Å². The van der Waals surface area contributed by atoms with Crippen LogP contribution in [0, 0.1) is 21.4 Å². The van der Waals surface area contributed by atoms with Crippen LogP contribution in [0.15, 0.2) is 12.3 Å². The number of pyridine rings is 1. The van der Waals surface area contributed by atoms with Crippen LogP contribution in [0.1, 0.15) is 5.56 Å². The Kier molecular flexibility index (Phi) is 4.45. The van der Waals surface area contributed by atoms with Crippen molar-refractivity contribution in [3.8, 4) is 6.07 Å². The first-order valence-corrected chi connectivity index (χ1v) is 6.29. The van der Waals surface area contributed by atoms with Gasteiger partial charge in [-0.3, -0.25) is 15.0 Å². The molecule has 0 spiro atoms. The Morgan fingerprint density at radius 3 is 2.70 bits per heavy atom. The van der Waals surface area contributed by atoms with Crippen molar-refractivity contribution in [1.82, 2.24) is 9.88 Å². The molecule has 20 heavy (non-hydrogen) atoms. The highest BCUT2D eigenvalue weighted by atomic mass is 16.6. The van der Waals surface area contributed by atoms with E-state index in [0.717, 1.165) is 0 Å². The fourth-order valence-electron chi connectivity index (χ4n) is 2.27. The third kappa shape index (κ3) is 2.84. The smallest absolute Gasteiger partial charge is 0.329 e. The van der Waals surface area contributed by atoms with Gasteiger partial charge in [0.1, 0.15) is 11.6 Å². The van der Waals surface area contributed by atoms with Crippen molar-refractivity contribution in [3.63, 3.8) is 0 Å². The van der Waals surface area contributed by atoms with Gasteiger partial charge < -0.3 is 10.0 Å². The Bertz CT molecular complexity index is 534. The maximum absolute atomic E-state index is 11.2. The fourth-order valence-corrected chi connectivity index (χ4v) is 2.27. The van der Waals surface area contributed by atoms with Crippen LogP contribution in [0.25, 0.3) is 0 Å². The van der Waals surface area contributed by atoms with Crippen molar-refractivity contribution in [1.29, 1.82) is 5.26 Å². The lowest BCUT2D eigenvalue weighted by Gasteiger charge is -2.34. The molecule has 0 atom stereocenters. The first kappa shape index (κ1) is 14.2. The van der Waals surface area contributed by atoms with Crippen molar-refractivity contribution in [2.75, 3.05) is 44.2 Å². The molecule has 8 nitrogen and oxygen atoms in total. The van der Waals surface area contributed by atoms with Crippen LogP contribution < -0.4 is 4.90 Å². The van der Waals surface area contributed by atoms with E-state index < -0.39 is 4.92 Å². The molecule has 0 aromatic carbocycles. The summed E-state index contributed by atoms with van der Waals surface area (Å²) in [5, 5.41) is 29.0. The number of rotatable bonds is 4. The van der Waals surface area contributed by atoms with E-state index in [4.69, 9.17) is 10.4 Å². The number of aliphatic hydroxyl groups is 1. The van der Waals surface area contributed by atoms with Crippen LogP contribution in [-0.4, -0.2) is 59.2 Å². The van der Waals surface area contributed by atoms with Crippen LogP contribution in [0.5, 0.6) is 0 Å². The van der Waals surface area contributed by atoms with Gasteiger partial charge in [-0.25, -0.2) is 4.98 Å². The van der Waals surface area contributed by atoms with Crippen LogP contribution >= 0.6 is 0 Å². The number of aromatic nitrogens is 1. The van der Waals surface area contributed by atoms with E-state index >= 15 is 0 Å². The number of nitro groups is 1. The highest BCUT2D eigenvalue weighted by molar-refractivity contribution is 5.65. The third-order valence-corrected chi connectivity index (χ3v) is 3.30. The van der Waals surface area contributed by atoms with Gasteiger partial charge in [-0.15, -0.1) is 0 Å². The summed E-state index contributed by atoms with van der Waals surface area (Å²) in [6.07, 6.45) is 1.42. The summed E-state index contributed by atoms with van der Waals surface area (Å²) in [7, 11) is 0. The molecule has 1 aromatic rings. The molecule has 0 aliphatic carbocycles. The molecule has 1 aliphatic rings. The topological polar surface area (TPSA) is 107 Å². The summed E-state index contributed by atoms with van der Waals surface area (Å²) >= 11 is 0. The third-order valence-electron chi connectivity index (χ3n) is 3.30. The zero-order chi connectivity index (χ0) is 14.5. The predicted octanol–water partition coefficient (Wildman–Crippen LogP) is -0.0242. The van der Waals surface area contributed by atoms with Gasteiger partial charge in [-0.2, -0.15) is 5.26 Å². The molecule has 1 saturated heterocycles. The van der Waals surface area contributed by atoms with E-state index in [0.29, 0.717) is 32.7 Å². The van der Waals surface area contributed by atoms with Gasteiger partial charge in [-0.05, 0) is 6.07 Å². The lowest BCUT2D eigenvalue weighted by atomic mass is 10.2. The summed E-state index contributed by atoms with van der Waals surface area (Å²) in [6.45, 7) is 3.28. The molecule has 1 aromatic heterocycles. The maximum atomic E-state index is 11.2. The number of hydrogen-bond donors (Lipinski definition) is 1. The molecule has 0 amide bonds. The molecule has 0 unspecified atom stereocenters. The van der Waals surface area contributed by atoms with E-state index in [1.165, 1.54) is 12.3 Å². The minimum absolute atomic E-state index is 0.0257. The zero-order valence-electron chi connectivity index (χ0n) is 10.9. The minimum Gasteiger partial charge on any atom is -0.395 e. The normalized spacial score (nSPS) is 15.9. The van der Waals surface area contributed by atoms with Crippen LogP contribution in [-0.2, 0) is 0 Å². The molecule has 2 rings (SSSR count). The largest absolute Gasteiger partial charge is 0.395 e. The summed E-state index contributed by atoms with van der Waals surface area (Å²) < 4.78 is 0. The van der Waals surface area contributed by atoms with Gasteiger partial charge in [-0.1, -0.05) is 0 Å². The molecular weight excluding hydrogens is 262 g/mol. The quantitative estimate of drug-likeness (QED) is 0.608. The van der Waals surface area contributed by atoms with Gasteiger partial charge in [0, 0.05) is 38.9 Å². The number of nitrogens with zero attached hydrogens (tertiary/aromatic N) is 5. The Morgan fingerprint density at radius 2 is 2.15 bits per heavy atom. The molecular formula is C12H15N5O3. The van der Waals surface area contributed by atoms with Crippen LogP contribution in [0.3, 0.4) is 0 Å². The number of nitriles is 1. The molecule has 2 heterocycles. The van der Waals surface area contributed by atoms with E-state index in [-0.39, 0.29) is 23.7 Å². The molecule has 8 heteroatoms. The van der Waals surface area contributed by atoms with Crippen molar-refractivity contribution in [2.45, 2.75) is 0 Å². The lowest BCUT2D eigenvalue weighted by Crippen LogP contribution is -2.47. The first-order valence-electron chi connectivity index (χ1n) is 6.29. The van der Waals surface area contributed by atoms with Gasteiger partial charge in [0.15, 0.2) is 0 Å². The summed E-state index contributed by atoms with van der Waals surface area (Å²) in [5.41, 5.74) is -0.205. The standard InChI is InChI=1S/C12H15N5O3/c13-9-10-1-2-14-12(11(10)17(19)20)16-5-3-15(4-6-16)7-8-18/h1-2,18H,3-8H2. The number of hydrogen-bond acceptors (Lipinski definition) is 7. The van der Waals surface area contributed by atoms with Gasteiger partial charge >= 0.3 is 5.69 Å². The van der Waals surface area contributed by atoms with Crippen molar-refractivity contribution < 1.29 is 10.0 Å². The van der Waals surface area contributed by atoms with Gasteiger partial charge in [0.25, 0.3) is 0 Å². The van der Waals surface area contributed by atoms with Gasteiger partial charge in [0.2, 0.25) is 5.82 Å². The Labute approximate surface area is 116 Å². The number of β-amino-alcohol motifs (C(OH)–C–C–N with tert-alkyl or cyclic N) is 1. The van der Waals surface area contributed by atoms with E-state index in [2.05, 4.69) is 9.88 Å². The Morgan fingerprint density at radius 1 is 1.45 bits per heavy atom. The summed E-state index contributed by atoms with van der Waals surface area (Å²) in [5.74, 6) is 0.248. The highest BCUT2D eigenvalue weighted by Gasteiger charge is 2.27. The molecule has 106 valence electrons. The Balaban J connectivity index is 2.22. The maximum Gasteiger partial charge on any atom is 0.329 e. The second-order valence-corrected chi connectivity index (χ2v) is 4.45. The first-order chi connectivity index (χ1) is 9.67. The fraction of sp³-hybridized carbons (Fsp3) is 0.500. The van der Waals surface area contributed by atoms with Crippen molar-refractivity contribution >= 4 is 11.5 Å². The zero-order valence-corrected chi connectivity index (χ0v) is 10.9. The SMILES string of the molecule is N#Cc1ccnc(N2CCN(CCO)CC2)c1[N+](=O)[O-]. The molecule has 1 fully saturated rings. The Hall–Kier alpha value is -2.24. The van der Waals surface area contributed by atoms with E-state index in [1.807, 2.05) is 11.0 Å². The second-order valence-electron chi connectivity index (χ2n) is 4.45. The summed E-state index contributed by atoms with van der Waals surface area (Å²) in [6, 6.07) is 3.18. The molecule has 1 aliphatic heterocycles. The average molecular weight is 277 g/mol. The second kappa shape index (κ2) is 6.27. The van der Waals surface area contributed by atoms with Crippen LogP contribution in [0.4, 0.5) is 11.5 Å². The van der Waals surface area contributed by atoms with Crippen LogP contribution in [0.2, 0.25) is 0 Å². The molecule has 1 N–H and O–H groups in total. The molecule has 0 radical (unpaired) electrons. The minimum atomic E-state index is -0.555. The summed E-state index contributed by atoms with van der Waals surface area (Å²) in [4.78, 5) is 18.6. The lowest BCUT2D eigenvalue weighted by molar-refractivity contribution is -0.384. The number of piperazine rings is 1. The number of aliphatic hydroxyl groups excluding tert-OH is 1. The molecule has 0 bridgehead atoms. The van der Waals surface area contributed by atoms with E-state index in [9.17, 15) is 10.1 Å². The van der Waals surface area contributed by atoms with E-state index in [1.54, 1.807) is 0 Å². The predicted molar refractivity (Wildman–Crippen MR) is 71.3 cm³/mol. The van der Waals surface area contributed by atoms with Crippen molar-refractivity contribution in [3.05, 3.63) is 27.9 Å². The monoisotopic (exact) mass is 277 g/mol. The molecule has 0 saturated carbocycles. The average Bonchev–Trinajstić information content (AvgIpc) is 2.47. The number of anilines is 1. The van der Waals surface area contributed by atoms with Crippen molar-refractivity contribution in [2.24, 2.45) is 0 Å².